The van der Waals surface area contributed by atoms with Gasteiger partial charge in [-0.25, -0.2) is 4.79 Å². The summed E-state index contributed by atoms with van der Waals surface area (Å²) in [5.74, 6) is -1.38. The Bertz CT molecular complexity index is 457. The number of nitro groups is 1. The van der Waals surface area contributed by atoms with Crippen molar-refractivity contribution in [1.82, 2.24) is 0 Å². The van der Waals surface area contributed by atoms with E-state index in [1.165, 1.54) is 6.07 Å². The van der Waals surface area contributed by atoms with Crippen LogP contribution in [0.2, 0.25) is 0 Å². The number of nitrogens with zero attached hydrogens (tertiary/aromatic N) is 2. The van der Waals surface area contributed by atoms with Gasteiger partial charge in [-0.05, 0) is 6.07 Å². The topological polar surface area (TPSA) is 104 Å². The molecule has 0 bridgehead atoms. The van der Waals surface area contributed by atoms with E-state index in [2.05, 4.69) is 15.9 Å². The molecule has 1 N–H and O–H groups in total. The first-order chi connectivity index (χ1) is 6.97. The van der Waals surface area contributed by atoms with E-state index in [4.69, 9.17) is 10.4 Å². The molecule has 0 aliphatic rings. The molecule has 0 saturated carbocycles. The second-order valence-corrected chi connectivity index (χ2v) is 3.44. The van der Waals surface area contributed by atoms with Gasteiger partial charge in [0.1, 0.15) is 11.6 Å². The van der Waals surface area contributed by atoms with Crippen LogP contribution in [0.5, 0.6) is 0 Å². The summed E-state index contributed by atoms with van der Waals surface area (Å²) in [5.41, 5.74) is -1.36. The molecular formula is C8H3BrN2O4. The summed E-state index contributed by atoms with van der Waals surface area (Å²) in [6, 6.07) is 3.75. The highest BCUT2D eigenvalue weighted by molar-refractivity contribution is 9.10. The maximum absolute atomic E-state index is 10.7. The van der Waals surface area contributed by atoms with Crippen LogP contribution in [0.1, 0.15) is 15.9 Å². The summed E-state index contributed by atoms with van der Waals surface area (Å²) in [7, 11) is 0. The molecule has 0 heterocycles. The molecule has 0 fully saturated rings. The molecule has 0 atom stereocenters. The summed E-state index contributed by atoms with van der Waals surface area (Å²) in [5, 5.41) is 27.9. The average Bonchev–Trinajstić information content (AvgIpc) is 2.16. The van der Waals surface area contributed by atoms with E-state index in [1.54, 1.807) is 0 Å². The molecule has 0 aromatic heterocycles. The zero-order valence-corrected chi connectivity index (χ0v) is 8.69. The van der Waals surface area contributed by atoms with Gasteiger partial charge in [0.15, 0.2) is 0 Å². The number of carboxylic acids is 1. The Morgan fingerprint density at radius 1 is 1.60 bits per heavy atom. The molecule has 0 amide bonds. The van der Waals surface area contributed by atoms with E-state index in [9.17, 15) is 14.9 Å². The lowest BCUT2D eigenvalue weighted by atomic mass is 10.1. The third kappa shape index (κ3) is 2.11. The maximum Gasteiger partial charge on any atom is 0.337 e. The zero-order chi connectivity index (χ0) is 11.6. The molecule has 15 heavy (non-hydrogen) atoms. The summed E-state index contributed by atoms with van der Waals surface area (Å²) in [6.45, 7) is 0. The van der Waals surface area contributed by atoms with Gasteiger partial charge in [0.25, 0.3) is 5.69 Å². The molecule has 0 radical (unpaired) electrons. The van der Waals surface area contributed by atoms with Crippen molar-refractivity contribution in [3.8, 4) is 6.07 Å². The van der Waals surface area contributed by atoms with Crippen LogP contribution in [0, 0.1) is 21.4 Å². The molecule has 6 nitrogen and oxygen atoms in total. The smallest absolute Gasteiger partial charge is 0.337 e. The highest BCUT2D eigenvalue weighted by atomic mass is 79.9. The highest BCUT2D eigenvalue weighted by Gasteiger charge is 2.22. The number of aromatic carboxylic acids is 1. The average molecular weight is 271 g/mol. The fraction of sp³-hybridized carbons (Fsp3) is 0. The quantitative estimate of drug-likeness (QED) is 0.653. The lowest BCUT2D eigenvalue weighted by molar-refractivity contribution is -0.385. The first-order valence-corrected chi connectivity index (χ1v) is 4.38. The van der Waals surface area contributed by atoms with Crippen molar-refractivity contribution in [2.24, 2.45) is 0 Å². The number of carbonyl (C=O) groups is 1. The van der Waals surface area contributed by atoms with Gasteiger partial charge in [0.05, 0.1) is 10.5 Å². The normalized spacial score (nSPS) is 9.33. The van der Waals surface area contributed by atoms with Gasteiger partial charge in [0.2, 0.25) is 0 Å². The molecule has 0 unspecified atom stereocenters. The van der Waals surface area contributed by atoms with Gasteiger partial charge in [-0.15, -0.1) is 0 Å². The molecular weight excluding hydrogens is 268 g/mol. The lowest BCUT2D eigenvalue weighted by Gasteiger charge is -2.00. The van der Waals surface area contributed by atoms with Crippen LogP contribution < -0.4 is 0 Å². The summed E-state index contributed by atoms with van der Waals surface area (Å²) in [6.07, 6.45) is 0. The van der Waals surface area contributed by atoms with E-state index in [1.807, 2.05) is 0 Å². The summed E-state index contributed by atoms with van der Waals surface area (Å²) in [4.78, 5) is 20.5. The Morgan fingerprint density at radius 2 is 2.20 bits per heavy atom. The summed E-state index contributed by atoms with van der Waals surface area (Å²) >= 11 is 2.94. The van der Waals surface area contributed by atoms with Crippen molar-refractivity contribution in [1.29, 1.82) is 5.26 Å². The molecule has 1 aromatic rings. The Morgan fingerprint density at radius 3 is 2.60 bits per heavy atom. The zero-order valence-electron chi connectivity index (χ0n) is 7.10. The first kappa shape index (κ1) is 11.1. The Labute approximate surface area is 92.0 Å². The molecule has 0 aliphatic carbocycles. The maximum atomic E-state index is 10.7. The van der Waals surface area contributed by atoms with Crippen LogP contribution in [0.3, 0.4) is 0 Å². The fourth-order valence-electron chi connectivity index (χ4n) is 1.02. The van der Waals surface area contributed by atoms with E-state index < -0.39 is 27.7 Å². The van der Waals surface area contributed by atoms with Gasteiger partial charge in [-0.2, -0.15) is 5.26 Å². The van der Waals surface area contributed by atoms with Crippen LogP contribution in [-0.2, 0) is 0 Å². The number of carboxylic acid groups (broad SMARTS) is 1. The molecule has 0 spiro atoms. The van der Waals surface area contributed by atoms with Crippen molar-refractivity contribution in [3.63, 3.8) is 0 Å². The number of nitro benzene ring substituents is 1. The van der Waals surface area contributed by atoms with Crippen molar-refractivity contribution < 1.29 is 14.8 Å². The van der Waals surface area contributed by atoms with E-state index in [0.717, 1.165) is 12.1 Å². The van der Waals surface area contributed by atoms with Crippen LogP contribution in [0.4, 0.5) is 5.69 Å². The highest BCUT2D eigenvalue weighted by Crippen LogP contribution is 2.26. The minimum atomic E-state index is -1.38. The van der Waals surface area contributed by atoms with Crippen LogP contribution in [-0.4, -0.2) is 16.0 Å². The van der Waals surface area contributed by atoms with E-state index >= 15 is 0 Å². The predicted molar refractivity (Wildman–Crippen MR) is 52.5 cm³/mol. The number of hydrogen-bond donors (Lipinski definition) is 1. The van der Waals surface area contributed by atoms with Gasteiger partial charge < -0.3 is 5.11 Å². The Hall–Kier alpha value is -1.94. The van der Waals surface area contributed by atoms with Crippen molar-refractivity contribution in [3.05, 3.63) is 37.8 Å². The first-order valence-electron chi connectivity index (χ1n) is 3.58. The third-order valence-electron chi connectivity index (χ3n) is 1.62. The lowest BCUT2D eigenvalue weighted by Crippen LogP contribution is -2.03. The number of benzene rings is 1. The molecule has 7 heteroatoms. The van der Waals surface area contributed by atoms with Gasteiger partial charge in [0, 0.05) is 10.5 Å². The number of rotatable bonds is 2. The minimum Gasteiger partial charge on any atom is -0.478 e. The standard InChI is InChI=1S/C8H3BrN2O4/c9-4-1-5(8(12)13)6(3-10)7(2-4)11(14)15/h1-2H,(H,12,13). The van der Waals surface area contributed by atoms with Gasteiger partial charge in [-0.1, -0.05) is 15.9 Å². The largest absolute Gasteiger partial charge is 0.478 e. The molecule has 1 rings (SSSR count). The van der Waals surface area contributed by atoms with Crippen LogP contribution in [0.15, 0.2) is 16.6 Å². The molecule has 0 aliphatic heterocycles. The predicted octanol–water partition coefficient (Wildman–Crippen LogP) is 1.93. The Kier molecular flexibility index (Phi) is 3.01. The fourth-order valence-corrected chi connectivity index (χ4v) is 1.47. The van der Waals surface area contributed by atoms with Crippen molar-refractivity contribution in [2.75, 3.05) is 0 Å². The van der Waals surface area contributed by atoms with Crippen molar-refractivity contribution in [2.45, 2.75) is 0 Å². The number of halogens is 1. The summed E-state index contributed by atoms with van der Waals surface area (Å²) < 4.78 is 0.241. The molecule has 0 saturated heterocycles. The van der Waals surface area contributed by atoms with Gasteiger partial charge >= 0.3 is 5.97 Å². The molecule has 1 aromatic carbocycles. The molecule has 76 valence electrons. The van der Waals surface area contributed by atoms with E-state index in [-0.39, 0.29) is 4.47 Å². The number of nitriles is 1. The third-order valence-corrected chi connectivity index (χ3v) is 2.08. The van der Waals surface area contributed by atoms with Crippen LogP contribution >= 0.6 is 15.9 Å². The number of hydrogen-bond acceptors (Lipinski definition) is 4. The van der Waals surface area contributed by atoms with Gasteiger partial charge in [-0.3, -0.25) is 10.1 Å². The van der Waals surface area contributed by atoms with Crippen molar-refractivity contribution >= 4 is 27.6 Å². The monoisotopic (exact) mass is 270 g/mol. The Balaban J connectivity index is 3.62. The van der Waals surface area contributed by atoms with Crippen LogP contribution in [0.25, 0.3) is 0 Å². The second kappa shape index (κ2) is 4.06. The second-order valence-electron chi connectivity index (χ2n) is 2.52. The van der Waals surface area contributed by atoms with E-state index in [0.29, 0.717) is 0 Å². The minimum absolute atomic E-state index is 0.241. The SMILES string of the molecule is N#Cc1c(C(=O)O)cc(Br)cc1[N+](=O)[O-].